The summed E-state index contributed by atoms with van der Waals surface area (Å²) in [5.41, 5.74) is 5.84. The van der Waals surface area contributed by atoms with Gasteiger partial charge in [0.1, 0.15) is 0 Å². The fourth-order valence-electron chi connectivity index (χ4n) is 1.50. The van der Waals surface area contributed by atoms with Crippen molar-refractivity contribution in [2.45, 2.75) is 44.6 Å². The van der Waals surface area contributed by atoms with Crippen LogP contribution in [0.15, 0.2) is 4.52 Å². The van der Waals surface area contributed by atoms with Gasteiger partial charge in [-0.2, -0.15) is 4.98 Å². The Morgan fingerprint density at radius 2 is 2.31 bits per heavy atom. The van der Waals surface area contributed by atoms with Gasteiger partial charge in [0.25, 0.3) is 0 Å². The average molecular weight is 181 g/mol. The molecule has 0 spiro atoms. The van der Waals surface area contributed by atoms with Crippen LogP contribution in [0.25, 0.3) is 0 Å². The Hall–Kier alpha value is -0.900. The van der Waals surface area contributed by atoms with Gasteiger partial charge >= 0.3 is 0 Å². The summed E-state index contributed by atoms with van der Waals surface area (Å²) in [5.74, 6) is 1.40. The molecule has 2 rings (SSSR count). The Bertz CT molecular complexity index is 302. The van der Waals surface area contributed by atoms with Gasteiger partial charge in [-0.15, -0.1) is 0 Å². The van der Waals surface area contributed by atoms with E-state index in [0.717, 1.165) is 12.3 Å². The summed E-state index contributed by atoms with van der Waals surface area (Å²) in [6, 6.07) is -0.134. The number of aromatic nitrogens is 2. The van der Waals surface area contributed by atoms with Crippen LogP contribution >= 0.6 is 0 Å². The Labute approximate surface area is 77.5 Å². The minimum Gasteiger partial charge on any atom is -0.339 e. The number of nitrogens with zero attached hydrogens (tertiary/aromatic N) is 2. The minimum atomic E-state index is -0.134. The Balaban J connectivity index is 2.23. The van der Waals surface area contributed by atoms with Gasteiger partial charge < -0.3 is 10.3 Å². The van der Waals surface area contributed by atoms with E-state index in [4.69, 9.17) is 10.3 Å². The fraction of sp³-hybridized carbons (Fsp3) is 0.778. The van der Waals surface area contributed by atoms with Crippen LogP contribution in [0.3, 0.4) is 0 Å². The van der Waals surface area contributed by atoms with Crippen molar-refractivity contribution in [2.75, 3.05) is 0 Å². The fourth-order valence-corrected chi connectivity index (χ4v) is 1.50. The van der Waals surface area contributed by atoms with Crippen LogP contribution in [0.5, 0.6) is 0 Å². The molecule has 0 saturated heterocycles. The number of hydrogen-bond donors (Lipinski definition) is 1. The van der Waals surface area contributed by atoms with Crippen molar-refractivity contribution in [3.63, 3.8) is 0 Å². The van der Waals surface area contributed by atoms with Crippen LogP contribution in [-0.2, 0) is 5.41 Å². The highest BCUT2D eigenvalue weighted by molar-refractivity contribution is 5.15. The van der Waals surface area contributed by atoms with E-state index < -0.39 is 0 Å². The van der Waals surface area contributed by atoms with Crippen molar-refractivity contribution in [1.29, 1.82) is 0 Å². The normalized spacial score (nSPS) is 21.5. The summed E-state index contributed by atoms with van der Waals surface area (Å²) in [4.78, 5) is 4.31. The second-order valence-corrected chi connectivity index (χ2v) is 3.88. The van der Waals surface area contributed by atoms with Gasteiger partial charge in [0.05, 0.1) is 6.04 Å². The molecule has 2 N–H and O–H groups in total. The molecule has 1 heterocycles. The highest BCUT2D eigenvalue weighted by atomic mass is 16.5. The van der Waals surface area contributed by atoms with Gasteiger partial charge in [0, 0.05) is 5.41 Å². The van der Waals surface area contributed by atoms with Crippen molar-refractivity contribution in [3.8, 4) is 0 Å². The summed E-state index contributed by atoms with van der Waals surface area (Å²) >= 11 is 0. The van der Waals surface area contributed by atoms with Gasteiger partial charge in [-0.25, -0.2) is 0 Å². The lowest BCUT2D eigenvalue weighted by Crippen LogP contribution is -2.09. The molecule has 1 atom stereocenters. The smallest absolute Gasteiger partial charge is 0.232 e. The zero-order chi connectivity index (χ0) is 9.47. The first kappa shape index (κ1) is 8.69. The topological polar surface area (TPSA) is 64.9 Å². The quantitative estimate of drug-likeness (QED) is 0.768. The summed E-state index contributed by atoms with van der Waals surface area (Å²) in [5, 5.41) is 3.86. The number of hydrogen-bond acceptors (Lipinski definition) is 4. The van der Waals surface area contributed by atoms with Gasteiger partial charge in [-0.1, -0.05) is 12.1 Å². The van der Waals surface area contributed by atoms with Crippen LogP contribution in [0.4, 0.5) is 0 Å². The summed E-state index contributed by atoms with van der Waals surface area (Å²) < 4.78 is 5.20. The van der Waals surface area contributed by atoms with Crippen molar-refractivity contribution in [3.05, 3.63) is 11.7 Å². The van der Waals surface area contributed by atoms with E-state index in [-0.39, 0.29) is 11.5 Å². The maximum absolute atomic E-state index is 5.65. The molecule has 0 amide bonds. The first-order valence-corrected chi connectivity index (χ1v) is 4.77. The third kappa shape index (κ3) is 1.35. The Morgan fingerprint density at radius 1 is 1.62 bits per heavy atom. The van der Waals surface area contributed by atoms with Crippen LogP contribution in [0.2, 0.25) is 0 Å². The maximum Gasteiger partial charge on any atom is 0.232 e. The van der Waals surface area contributed by atoms with E-state index in [2.05, 4.69) is 17.1 Å². The Kier molecular flexibility index (Phi) is 1.87. The van der Waals surface area contributed by atoms with Crippen LogP contribution in [-0.4, -0.2) is 10.1 Å². The zero-order valence-corrected chi connectivity index (χ0v) is 8.08. The molecule has 4 heteroatoms. The second-order valence-electron chi connectivity index (χ2n) is 3.88. The van der Waals surface area contributed by atoms with Gasteiger partial charge in [-0.05, 0) is 26.2 Å². The number of nitrogens with two attached hydrogens (primary N) is 1. The molecular formula is C9H15N3O. The van der Waals surface area contributed by atoms with Crippen molar-refractivity contribution in [1.82, 2.24) is 10.1 Å². The molecule has 1 unspecified atom stereocenters. The predicted molar refractivity (Wildman–Crippen MR) is 48.1 cm³/mol. The average Bonchev–Trinajstić information content (AvgIpc) is 2.75. The molecule has 1 aliphatic rings. The second kappa shape index (κ2) is 2.80. The number of rotatable bonds is 3. The van der Waals surface area contributed by atoms with E-state index in [1.807, 2.05) is 6.92 Å². The largest absolute Gasteiger partial charge is 0.339 e. The molecule has 13 heavy (non-hydrogen) atoms. The lowest BCUT2D eigenvalue weighted by Gasteiger charge is -2.03. The van der Waals surface area contributed by atoms with E-state index in [0.29, 0.717) is 5.82 Å². The van der Waals surface area contributed by atoms with E-state index in [1.165, 1.54) is 12.8 Å². The molecule has 1 saturated carbocycles. The third-order valence-electron chi connectivity index (χ3n) is 2.83. The molecule has 72 valence electrons. The van der Waals surface area contributed by atoms with E-state index >= 15 is 0 Å². The molecule has 0 aromatic carbocycles. The maximum atomic E-state index is 5.65. The highest BCUT2D eigenvalue weighted by Crippen LogP contribution is 2.50. The van der Waals surface area contributed by atoms with Gasteiger partial charge in [0.15, 0.2) is 5.82 Å². The lowest BCUT2D eigenvalue weighted by atomic mass is 10.0. The first-order chi connectivity index (χ1) is 6.18. The van der Waals surface area contributed by atoms with E-state index in [1.54, 1.807) is 0 Å². The summed E-state index contributed by atoms with van der Waals surface area (Å²) in [6.07, 6.45) is 3.42. The molecule has 0 bridgehead atoms. The summed E-state index contributed by atoms with van der Waals surface area (Å²) in [7, 11) is 0. The van der Waals surface area contributed by atoms with Crippen LogP contribution < -0.4 is 5.73 Å². The first-order valence-electron chi connectivity index (χ1n) is 4.77. The standard InChI is InChI=1S/C9H15N3O/c1-3-9(4-5-9)8-11-7(6(2)10)12-13-8/h6H,3-5,10H2,1-2H3. The van der Waals surface area contributed by atoms with E-state index in [9.17, 15) is 0 Å². The molecule has 1 aliphatic carbocycles. The van der Waals surface area contributed by atoms with Crippen molar-refractivity contribution in [2.24, 2.45) is 5.73 Å². The van der Waals surface area contributed by atoms with Crippen LogP contribution in [0, 0.1) is 0 Å². The van der Waals surface area contributed by atoms with Crippen molar-refractivity contribution >= 4 is 0 Å². The molecule has 1 fully saturated rings. The molecule has 0 aliphatic heterocycles. The molecule has 1 aromatic rings. The predicted octanol–water partition coefficient (Wildman–Crippen LogP) is 1.53. The monoisotopic (exact) mass is 181 g/mol. The molecule has 4 nitrogen and oxygen atoms in total. The lowest BCUT2D eigenvalue weighted by molar-refractivity contribution is 0.336. The third-order valence-corrected chi connectivity index (χ3v) is 2.83. The van der Waals surface area contributed by atoms with Crippen LogP contribution in [0.1, 0.15) is 50.9 Å². The highest BCUT2D eigenvalue weighted by Gasteiger charge is 2.47. The zero-order valence-electron chi connectivity index (χ0n) is 8.08. The molecule has 1 aromatic heterocycles. The SMILES string of the molecule is CCC1(c2nc(C(C)N)no2)CC1. The molecule has 0 radical (unpaired) electrons. The van der Waals surface area contributed by atoms with Gasteiger partial charge in [-0.3, -0.25) is 0 Å². The minimum absolute atomic E-state index is 0.134. The molecular weight excluding hydrogens is 166 g/mol. The van der Waals surface area contributed by atoms with Crippen molar-refractivity contribution < 1.29 is 4.52 Å². The summed E-state index contributed by atoms with van der Waals surface area (Å²) in [6.45, 7) is 4.02. The Morgan fingerprint density at radius 3 is 2.69 bits per heavy atom. The van der Waals surface area contributed by atoms with Gasteiger partial charge in [0.2, 0.25) is 5.89 Å².